The topological polar surface area (TPSA) is 38.7 Å². The van der Waals surface area contributed by atoms with Gasteiger partial charge in [-0.2, -0.15) is 0 Å². The van der Waals surface area contributed by atoms with Gasteiger partial charge in [-0.1, -0.05) is 12.1 Å². The van der Waals surface area contributed by atoms with Crippen LogP contribution in [0.1, 0.15) is 42.7 Å². The lowest BCUT2D eigenvalue weighted by Crippen LogP contribution is -2.15. The number of ether oxygens (including phenoxy) is 2. The zero-order valence-electron chi connectivity index (χ0n) is 11.5. The molecule has 3 nitrogen and oxygen atoms in total. The van der Waals surface area contributed by atoms with E-state index in [9.17, 15) is 5.11 Å². The van der Waals surface area contributed by atoms with Gasteiger partial charge in [0, 0.05) is 19.6 Å². The van der Waals surface area contributed by atoms with Crippen molar-refractivity contribution in [1.29, 1.82) is 0 Å². The predicted octanol–water partition coefficient (Wildman–Crippen LogP) is 2.66. The molecule has 0 atom stereocenters. The summed E-state index contributed by atoms with van der Waals surface area (Å²) >= 11 is 0. The Bertz CT molecular complexity index is 445. The summed E-state index contributed by atoms with van der Waals surface area (Å²) in [5, 5.41) is 10.1. The second-order valence-corrected chi connectivity index (χ2v) is 5.86. The first-order chi connectivity index (χ1) is 9.20. The largest absolute Gasteiger partial charge is 0.496 e. The van der Waals surface area contributed by atoms with Gasteiger partial charge in [-0.3, -0.25) is 0 Å². The van der Waals surface area contributed by atoms with Crippen LogP contribution in [0, 0.1) is 0 Å². The molecule has 1 aromatic carbocycles. The SMILES string of the molecule is COc1ccc(C2CCOCC2)cc1CC1(O)CC1. The van der Waals surface area contributed by atoms with Crippen LogP contribution in [0.4, 0.5) is 0 Å². The second kappa shape index (κ2) is 5.14. The highest BCUT2D eigenvalue weighted by molar-refractivity contribution is 5.40. The van der Waals surface area contributed by atoms with E-state index in [1.54, 1.807) is 7.11 Å². The summed E-state index contributed by atoms with van der Waals surface area (Å²) in [5.74, 6) is 1.49. The molecule has 1 aromatic rings. The van der Waals surface area contributed by atoms with Crippen LogP contribution in [0.15, 0.2) is 18.2 Å². The van der Waals surface area contributed by atoms with E-state index in [2.05, 4.69) is 12.1 Å². The molecular weight excluding hydrogens is 240 g/mol. The highest BCUT2D eigenvalue weighted by Gasteiger charge is 2.40. The molecular formula is C16H22O3. The lowest BCUT2D eigenvalue weighted by molar-refractivity contribution is 0.0852. The number of hydrogen-bond acceptors (Lipinski definition) is 3. The van der Waals surface area contributed by atoms with Crippen molar-refractivity contribution in [3.8, 4) is 5.75 Å². The molecule has 0 spiro atoms. The average Bonchev–Trinajstić information content (AvgIpc) is 3.17. The molecule has 1 heterocycles. The Morgan fingerprint density at radius 3 is 2.68 bits per heavy atom. The molecule has 0 unspecified atom stereocenters. The number of methoxy groups -OCH3 is 1. The smallest absolute Gasteiger partial charge is 0.122 e. The summed E-state index contributed by atoms with van der Waals surface area (Å²) < 4.78 is 10.8. The van der Waals surface area contributed by atoms with Crippen LogP contribution in [0.3, 0.4) is 0 Å². The van der Waals surface area contributed by atoms with Gasteiger partial charge < -0.3 is 14.6 Å². The van der Waals surface area contributed by atoms with Crippen molar-refractivity contribution in [2.24, 2.45) is 0 Å². The Kier molecular flexibility index (Phi) is 3.50. The van der Waals surface area contributed by atoms with E-state index in [-0.39, 0.29) is 0 Å². The van der Waals surface area contributed by atoms with E-state index in [1.165, 1.54) is 5.56 Å². The molecule has 0 aromatic heterocycles. The third-order valence-electron chi connectivity index (χ3n) is 4.34. The second-order valence-electron chi connectivity index (χ2n) is 5.86. The van der Waals surface area contributed by atoms with Gasteiger partial charge in [-0.15, -0.1) is 0 Å². The molecule has 1 aliphatic heterocycles. The summed E-state index contributed by atoms with van der Waals surface area (Å²) in [6.07, 6.45) is 4.73. The highest BCUT2D eigenvalue weighted by atomic mass is 16.5. The number of benzene rings is 1. The van der Waals surface area contributed by atoms with Gasteiger partial charge in [-0.25, -0.2) is 0 Å². The van der Waals surface area contributed by atoms with E-state index in [1.807, 2.05) is 6.07 Å². The highest BCUT2D eigenvalue weighted by Crippen LogP contribution is 2.41. The van der Waals surface area contributed by atoms with Gasteiger partial charge in [0.2, 0.25) is 0 Å². The van der Waals surface area contributed by atoms with E-state index in [0.29, 0.717) is 12.3 Å². The van der Waals surface area contributed by atoms with E-state index in [0.717, 1.165) is 50.2 Å². The normalized spacial score (nSPS) is 22.2. The average molecular weight is 262 g/mol. The van der Waals surface area contributed by atoms with Crippen molar-refractivity contribution < 1.29 is 14.6 Å². The van der Waals surface area contributed by atoms with Crippen molar-refractivity contribution in [3.63, 3.8) is 0 Å². The minimum atomic E-state index is -0.471. The molecule has 3 heteroatoms. The lowest BCUT2D eigenvalue weighted by atomic mass is 9.89. The quantitative estimate of drug-likeness (QED) is 0.906. The van der Waals surface area contributed by atoms with Crippen LogP contribution in [-0.4, -0.2) is 31.0 Å². The first kappa shape index (κ1) is 12.9. The van der Waals surface area contributed by atoms with Crippen molar-refractivity contribution in [3.05, 3.63) is 29.3 Å². The maximum absolute atomic E-state index is 10.1. The van der Waals surface area contributed by atoms with E-state index in [4.69, 9.17) is 9.47 Å². The molecule has 1 N–H and O–H groups in total. The molecule has 0 bridgehead atoms. The van der Waals surface area contributed by atoms with Crippen LogP contribution >= 0.6 is 0 Å². The first-order valence-electron chi connectivity index (χ1n) is 7.17. The minimum Gasteiger partial charge on any atom is -0.496 e. The number of aliphatic hydroxyl groups is 1. The third kappa shape index (κ3) is 2.93. The van der Waals surface area contributed by atoms with Gasteiger partial charge in [0.15, 0.2) is 0 Å². The van der Waals surface area contributed by atoms with Crippen LogP contribution in [0.5, 0.6) is 5.75 Å². The van der Waals surface area contributed by atoms with Crippen LogP contribution in [0.25, 0.3) is 0 Å². The molecule has 3 rings (SSSR count). The Labute approximate surface area is 114 Å². The van der Waals surface area contributed by atoms with Crippen molar-refractivity contribution in [2.45, 2.75) is 43.6 Å². The molecule has 0 radical (unpaired) electrons. The van der Waals surface area contributed by atoms with Gasteiger partial charge in [-0.05, 0) is 48.8 Å². The zero-order valence-corrected chi connectivity index (χ0v) is 11.5. The summed E-state index contributed by atoms with van der Waals surface area (Å²) in [6.45, 7) is 1.71. The van der Waals surface area contributed by atoms with E-state index >= 15 is 0 Å². The summed E-state index contributed by atoms with van der Waals surface area (Å²) in [7, 11) is 1.70. The summed E-state index contributed by atoms with van der Waals surface area (Å²) in [5.41, 5.74) is 2.04. The first-order valence-corrected chi connectivity index (χ1v) is 7.17. The minimum absolute atomic E-state index is 0.471. The number of hydrogen-bond donors (Lipinski definition) is 1. The maximum Gasteiger partial charge on any atom is 0.122 e. The Morgan fingerprint density at radius 2 is 2.05 bits per heavy atom. The Balaban J connectivity index is 1.83. The van der Waals surface area contributed by atoms with Crippen molar-refractivity contribution in [2.75, 3.05) is 20.3 Å². The van der Waals surface area contributed by atoms with Crippen LogP contribution in [-0.2, 0) is 11.2 Å². The van der Waals surface area contributed by atoms with Gasteiger partial charge in [0.25, 0.3) is 0 Å². The molecule has 104 valence electrons. The molecule has 0 amide bonds. The fraction of sp³-hybridized carbons (Fsp3) is 0.625. The third-order valence-corrected chi connectivity index (χ3v) is 4.34. The predicted molar refractivity (Wildman–Crippen MR) is 73.7 cm³/mol. The summed E-state index contributed by atoms with van der Waals surface area (Å²) in [4.78, 5) is 0. The lowest BCUT2D eigenvalue weighted by Gasteiger charge is -2.23. The fourth-order valence-electron chi connectivity index (χ4n) is 2.90. The van der Waals surface area contributed by atoms with Gasteiger partial charge >= 0.3 is 0 Å². The van der Waals surface area contributed by atoms with Gasteiger partial charge in [0.05, 0.1) is 12.7 Å². The molecule has 2 fully saturated rings. The molecule has 2 aliphatic rings. The monoisotopic (exact) mass is 262 g/mol. The standard InChI is InChI=1S/C16H22O3/c1-18-15-3-2-13(12-4-8-19-9-5-12)10-14(15)11-16(17)6-7-16/h2-3,10,12,17H,4-9,11H2,1H3. The molecule has 1 saturated carbocycles. The molecule has 19 heavy (non-hydrogen) atoms. The Morgan fingerprint density at radius 1 is 1.32 bits per heavy atom. The molecule has 1 saturated heterocycles. The Hall–Kier alpha value is -1.06. The van der Waals surface area contributed by atoms with E-state index < -0.39 is 5.60 Å². The zero-order chi connectivity index (χ0) is 13.3. The van der Waals surface area contributed by atoms with Crippen LogP contribution in [0.2, 0.25) is 0 Å². The molecule has 1 aliphatic carbocycles. The maximum atomic E-state index is 10.1. The number of rotatable bonds is 4. The summed E-state index contributed by atoms with van der Waals surface area (Å²) in [6, 6.07) is 6.44. The van der Waals surface area contributed by atoms with Crippen molar-refractivity contribution in [1.82, 2.24) is 0 Å². The van der Waals surface area contributed by atoms with Crippen molar-refractivity contribution >= 4 is 0 Å². The fourth-order valence-corrected chi connectivity index (χ4v) is 2.90. The van der Waals surface area contributed by atoms with Gasteiger partial charge in [0.1, 0.15) is 5.75 Å². The van der Waals surface area contributed by atoms with Crippen LogP contribution < -0.4 is 4.74 Å².